The van der Waals surface area contributed by atoms with Crippen molar-refractivity contribution in [2.45, 2.75) is 12.6 Å². The maximum absolute atomic E-state index is 10.6. The highest BCUT2D eigenvalue weighted by atomic mass is 127. The highest BCUT2D eigenvalue weighted by Crippen LogP contribution is 2.29. The molecule has 6 nitrogen and oxygen atoms in total. The van der Waals surface area contributed by atoms with Gasteiger partial charge in [0, 0.05) is 42.1 Å². The fourth-order valence-corrected chi connectivity index (χ4v) is 4.21. The molecule has 0 aliphatic heterocycles. The van der Waals surface area contributed by atoms with E-state index in [4.69, 9.17) is 0 Å². The lowest BCUT2D eigenvalue weighted by molar-refractivity contribution is 0.184. The molecule has 8 heteroatoms. The van der Waals surface area contributed by atoms with Gasteiger partial charge in [-0.1, -0.05) is 36.4 Å². The van der Waals surface area contributed by atoms with Crippen LogP contribution in [-0.2, 0) is 6.54 Å². The molecule has 156 valence electrons. The number of para-hydroxylation sites is 1. The molecule has 30 heavy (non-hydrogen) atoms. The predicted molar refractivity (Wildman–Crippen MR) is 134 cm³/mol. The Morgan fingerprint density at radius 2 is 1.93 bits per heavy atom. The number of aliphatic imine (C=N–C) groups is 1. The first-order valence-electron chi connectivity index (χ1n) is 9.43. The standard InChI is InChI=1S/C22H23N5OS.HI/c1-23-22(24-14-17-8-2-4-9-18(17)27-12-6-11-26-27)25-15-19(28)21-13-16-7-3-5-10-20(16)29-21;/h2-13,19,28H,14-15H2,1H3,(H2,23,24,25);1H. The molecule has 1 atom stereocenters. The first-order chi connectivity index (χ1) is 14.2. The Morgan fingerprint density at radius 1 is 1.13 bits per heavy atom. The summed E-state index contributed by atoms with van der Waals surface area (Å²) in [7, 11) is 1.72. The van der Waals surface area contributed by atoms with Crippen LogP contribution in [0.5, 0.6) is 0 Å². The Hall–Kier alpha value is -2.43. The number of aliphatic hydroxyl groups excluding tert-OH is 1. The van der Waals surface area contributed by atoms with Crippen LogP contribution in [0.4, 0.5) is 0 Å². The number of fused-ring (bicyclic) bond motifs is 1. The minimum Gasteiger partial charge on any atom is -0.386 e. The summed E-state index contributed by atoms with van der Waals surface area (Å²) in [6, 6.07) is 20.2. The summed E-state index contributed by atoms with van der Waals surface area (Å²) in [5, 5.41) is 22.6. The summed E-state index contributed by atoms with van der Waals surface area (Å²) >= 11 is 1.62. The number of nitrogens with zero attached hydrogens (tertiary/aromatic N) is 3. The van der Waals surface area contributed by atoms with Crippen molar-refractivity contribution in [1.29, 1.82) is 0 Å². The molecular weight excluding hydrogens is 509 g/mol. The van der Waals surface area contributed by atoms with Crippen LogP contribution in [0.2, 0.25) is 0 Å². The third-order valence-corrected chi connectivity index (χ3v) is 5.87. The van der Waals surface area contributed by atoms with E-state index in [9.17, 15) is 5.11 Å². The van der Waals surface area contributed by atoms with Crippen LogP contribution in [0.3, 0.4) is 0 Å². The van der Waals surface area contributed by atoms with E-state index < -0.39 is 6.10 Å². The second kappa shape index (κ2) is 10.6. The van der Waals surface area contributed by atoms with E-state index in [0.717, 1.165) is 21.5 Å². The van der Waals surface area contributed by atoms with E-state index in [2.05, 4.69) is 38.9 Å². The number of benzene rings is 2. The first kappa shape index (κ1) is 22.3. The summed E-state index contributed by atoms with van der Waals surface area (Å²) in [6.07, 6.45) is 3.09. The van der Waals surface area contributed by atoms with Gasteiger partial charge in [0.25, 0.3) is 0 Å². The number of nitrogens with one attached hydrogen (secondary N) is 2. The number of guanidine groups is 1. The van der Waals surface area contributed by atoms with Crippen molar-refractivity contribution in [3.63, 3.8) is 0 Å². The quantitative estimate of drug-likeness (QED) is 0.198. The number of hydrogen-bond donors (Lipinski definition) is 3. The van der Waals surface area contributed by atoms with Crippen LogP contribution in [0.15, 0.2) is 78.0 Å². The van der Waals surface area contributed by atoms with E-state index in [1.54, 1.807) is 24.6 Å². The number of halogens is 1. The number of thiophene rings is 1. The topological polar surface area (TPSA) is 74.5 Å². The molecule has 0 bridgehead atoms. The average Bonchev–Trinajstić information content (AvgIpc) is 3.44. The van der Waals surface area contributed by atoms with Gasteiger partial charge < -0.3 is 15.7 Å². The second-order valence-electron chi connectivity index (χ2n) is 6.59. The third-order valence-electron chi connectivity index (χ3n) is 4.65. The van der Waals surface area contributed by atoms with Crippen molar-refractivity contribution in [3.05, 3.63) is 83.5 Å². The molecule has 1 unspecified atom stereocenters. The van der Waals surface area contributed by atoms with Crippen LogP contribution in [0.1, 0.15) is 16.5 Å². The predicted octanol–water partition coefficient (Wildman–Crippen LogP) is 4.10. The molecule has 0 amide bonds. The monoisotopic (exact) mass is 533 g/mol. The van der Waals surface area contributed by atoms with Crippen LogP contribution >= 0.6 is 35.3 Å². The first-order valence-corrected chi connectivity index (χ1v) is 10.3. The van der Waals surface area contributed by atoms with Crippen molar-refractivity contribution < 1.29 is 5.11 Å². The molecule has 0 fully saturated rings. The van der Waals surface area contributed by atoms with Gasteiger partial charge in [0.1, 0.15) is 6.10 Å². The van der Waals surface area contributed by atoms with E-state index in [0.29, 0.717) is 19.0 Å². The van der Waals surface area contributed by atoms with E-state index >= 15 is 0 Å². The maximum Gasteiger partial charge on any atom is 0.191 e. The molecular formula is C22H24IN5OS. The SMILES string of the molecule is CN=C(NCc1ccccc1-n1cccn1)NCC(O)c1cc2ccccc2s1.I. The summed E-state index contributed by atoms with van der Waals surface area (Å²) in [4.78, 5) is 5.21. The van der Waals surface area contributed by atoms with Gasteiger partial charge >= 0.3 is 0 Å². The molecule has 0 aliphatic rings. The van der Waals surface area contributed by atoms with Gasteiger partial charge in [-0.2, -0.15) is 5.10 Å². The molecule has 4 rings (SSSR count). The zero-order valence-electron chi connectivity index (χ0n) is 16.5. The largest absolute Gasteiger partial charge is 0.386 e. The lowest BCUT2D eigenvalue weighted by atomic mass is 10.2. The summed E-state index contributed by atoms with van der Waals surface area (Å²) < 4.78 is 3.03. The molecule has 4 aromatic rings. The van der Waals surface area contributed by atoms with Crippen molar-refractivity contribution in [2.24, 2.45) is 4.99 Å². The van der Waals surface area contributed by atoms with E-state index in [-0.39, 0.29) is 24.0 Å². The summed E-state index contributed by atoms with van der Waals surface area (Å²) in [5.74, 6) is 0.639. The number of hydrogen-bond acceptors (Lipinski definition) is 4. The van der Waals surface area contributed by atoms with Crippen molar-refractivity contribution in [1.82, 2.24) is 20.4 Å². The van der Waals surface area contributed by atoms with Gasteiger partial charge in [-0.3, -0.25) is 4.99 Å². The molecule has 2 aromatic heterocycles. The molecule has 0 radical (unpaired) electrons. The Morgan fingerprint density at radius 3 is 2.70 bits per heavy atom. The Balaban J connectivity index is 0.00000256. The van der Waals surface area contributed by atoms with Crippen molar-refractivity contribution >= 4 is 51.4 Å². The maximum atomic E-state index is 10.6. The summed E-state index contributed by atoms with van der Waals surface area (Å²) in [5.41, 5.74) is 2.12. The van der Waals surface area contributed by atoms with E-state index in [1.165, 1.54) is 4.70 Å². The minimum absolute atomic E-state index is 0. The van der Waals surface area contributed by atoms with Crippen LogP contribution < -0.4 is 10.6 Å². The molecule has 3 N–H and O–H groups in total. The average molecular weight is 533 g/mol. The third kappa shape index (κ3) is 5.18. The minimum atomic E-state index is -0.595. The van der Waals surface area contributed by atoms with Crippen LogP contribution in [0, 0.1) is 0 Å². The Kier molecular flexibility index (Phi) is 7.83. The number of aliphatic hydroxyl groups is 1. The normalized spacial score (nSPS) is 12.4. The number of aromatic nitrogens is 2. The van der Waals surface area contributed by atoms with Crippen LogP contribution in [0.25, 0.3) is 15.8 Å². The van der Waals surface area contributed by atoms with E-state index in [1.807, 2.05) is 53.3 Å². The highest BCUT2D eigenvalue weighted by Gasteiger charge is 2.12. The zero-order valence-corrected chi connectivity index (χ0v) is 19.7. The van der Waals surface area contributed by atoms with Gasteiger partial charge in [0.05, 0.1) is 5.69 Å². The molecule has 2 heterocycles. The van der Waals surface area contributed by atoms with Crippen molar-refractivity contribution in [3.8, 4) is 5.69 Å². The van der Waals surface area contributed by atoms with Gasteiger partial charge in [-0.25, -0.2) is 4.68 Å². The van der Waals surface area contributed by atoms with Crippen molar-refractivity contribution in [2.75, 3.05) is 13.6 Å². The number of rotatable bonds is 6. The summed E-state index contributed by atoms with van der Waals surface area (Å²) in [6.45, 7) is 0.974. The Bertz CT molecular complexity index is 1080. The lowest BCUT2D eigenvalue weighted by Crippen LogP contribution is -2.39. The molecule has 0 saturated heterocycles. The smallest absolute Gasteiger partial charge is 0.191 e. The van der Waals surface area contributed by atoms with Gasteiger partial charge in [-0.05, 0) is 35.2 Å². The molecule has 2 aromatic carbocycles. The fraction of sp³-hybridized carbons (Fsp3) is 0.182. The molecule has 0 saturated carbocycles. The fourth-order valence-electron chi connectivity index (χ4n) is 3.16. The second-order valence-corrected chi connectivity index (χ2v) is 7.70. The van der Waals surface area contributed by atoms with Gasteiger partial charge in [0.2, 0.25) is 0 Å². The van der Waals surface area contributed by atoms with Gasteiger partial charge in [0.15, 0.2) is 5.96 Å². The molecule has 0 spiro atoms. The lowest BCUT2D eigenvalue weighted by Gasteiger charge is -2.16. The molecule has 0 aliphatic carbocycles. The Labute approximate surface area is 196 Å². The highest BCUT2D eigenvalue weighted by molar-refractivity contribution is 14.0. The van der Waals surface area contributed by atoms with Gasteiger partial charge in [-0.15, -0.1) is 35.3 Å². The van der Waals surface area contributed by atoms with Crippen LogP contribution in [-0.4, -0.2) is 34.4 Å². The zero-order chi connectivity index (χ0) is 20.1.